The summed E-state index contributed by atoms with van der Waals surface area (Å²) in [6, 6.07) is 20.4. The zero-order valence-electron chi connectivity index (χ0n) is 16.4. The van der Waals surface area contributed by atoms with E-state index in [2.05, 4.69) is 15.9 Å². The third-order valence-corrected chi connectivity index (χ3v) is 7.92. The van der Waals surface area contributed by atoms with Gasteiger partial charge in [0, 0.05) is 15.9 Å². The van der Waals surface area contributed by atoms with Gasteiger partial charge >= 0.3 is 0 Å². The molecule has 1 aliphatic heterocycles. The van der Waals surface area contributed by atoms with Crippen molar-refractivity contribution < 1.29 is 8.42 Å². The van der Waals surface area contributed by atoms with Crippen LogP contribution in [0.1, 0.15) is 23.6 Å². The van der Waals surface area contributed by atoms with Gasteiger partial charge in [-0.25, -0.2) is 23.5 Å². The second kappa shape index (κ2) is 8.24. The van der Waals surface area contributed by atoms with Crippen LogP contribution in [0.3, 0.4) is 0 Å². The summed E-state index contributed by atoms with van der Waals surface area (Å²) >= 11 is 11.0. The molecule has 6 nitrogen and oxygen atoms in total. The first kappa shape index (κ1) is 21.5. The molecule has 1 atom stereocenters. The van der Waals surface area contributed by atoms with Crippen LogP contribution in [0, 0.1) is 0 Å². The number of primary sulfonamides is 1. The van der Waals surface area contributed by atoms with Crippen molar-refractivity contribution in [1.29, 1.82) is 0 Å². The van der Waals surface area contributed by atoms with Crippen molar-refractivity contribution in [3.8, 4) is 0 Å². The topological polar surface area (TPSA) is 88.7 Å². The predicted molar refractivity (Wildman–Crippen MR) is 133 cm³/mol. The average molecular weight is 548 g/mol. The minimum Gasteiger partial charge on any atom is -0.231 e. The van der Waals surface area contributed by atoms with Crippen molar-refractivity contribution in [2.45, 2.75) is 17.4 Å². The summed E-state index contributed by atoms with van der Waals surface area (Å²) in [5, 5.41) is 13.5. The first-order chi connectivity index (χ1) is 15.3. The first-order valence-corrected chi connectivity index (χ1v) is 13.1. The molecule has 1 aromatic heterocycles. The Balaban J connectivity index is 1.60. The number of hydrogen-bond donors (Lipinski definition) is 1. The van der Waals surface area contributed by atoms with Crippen LogP contribution in [0.2, 0.25) is 5.02 Å². The number of sulfonamides is 1. The summed E-state index contributed by atoms with van der Waals surface area (Å²) in [5.41, 5.74) is 3.74. The zero-order valence-corrected chi connectivity index (χ0v) is 20.4. The van der Waals surface area contributed by atoms with E-state index in [1.54, 1.807) is 12.1 Å². The maximum Gasteiger partial charge on any atom is 0.238 e. The van der Waals surface area contributed by atoms with Gasteiger partial charge in [0.25, 0.3) is 0 Å². The molecule has 2 heterocycles. The van der Waals surface area contributed by atoms with Crippen LogP contribution in [0.5, 0.6) is 0 Å². The van der Waals surface area contributed by atoms with E-state index in [1.807, 2.05) is 53.5 Å². The standard InChI is InChI=1S/C22H16BrClN4O2S2/c23-15-5-1-13(2-6-15)19-12-20(14-3-7-16(24)8-4-14)28(27-19)22-26-18-10-9-17(32(25,29)30)11-21(18)31-22/h1-11,20H,12H2,(H2,25,29,30). The number of nitrogens with two attached hydrogens (primary N) is 1. The van der Waals surface area contributed by atoms with Gasteiger partial charge in [0.2, 0.25) is 15.2 Å². The minimum absolute atomic E-state index is 0.0647. The van der Waals surface area contributed by atoms with Crippen molar-refractivity contribution in [2.75, 3.05) is 5.01 Å². The maximum atomic E-state index is 11.7. The molecule has 5 rings (SSSR count). The molecular formula is C22H16BrClN4O2S2. The van der Waals surface area contributed by atoms with Crippen LogP contribution in [0.15, 0.2) is 81.2 Å². The number of aromatic nitrogens is 1. The number of hydrogen-bond acceptors (Lipinski definition) is 6. The fraction of sp³-hybridized carbons (Fsp3) is 0.0909. The molecule has 0 bridgehead atoms. The van der Waals surface area contributed by atoms with Crippen molar-refractivity contribution in [2.24, 2.45) is 10.2 Å². The van der Waals surface area contributed by atoms with E-state index in [1.165, 1.54) is 17.4 Å². The van der Waals surface area contributed by atoms with E-state index in [0.29, 0.717) is 22.1 Å². The Hall–Kier alpha value is -2.30. The van der Waals surface area contributed by atoms with E-state index in [9.17, 15) is 8.42 Å². The molecular weight excluding hydrogens is 532 g/mol. The van der Waals surface area contributed by atoms with Crippen LogP contribution < -0.4 is 10.1 Å². The summed E-state index contributed by atoms with van der Waals surface area (Å²) in [6.07, 6.45) is 0.696. The molecule has 0 amide bonds. The summed E-state index contributed by atoms with van der Waals surface area (Å²) < 4.78 is 25.2. The predicted octanol–water partition coefficient (Wildman–Crippen LogP) is 5.72. The van der Waals surface area contributed by atoms with Gasteiger partial charge in [-0.3, -0.25) is 0 Å². The highest BCUT2D eigenvalue weighted by Crippen LogP contribution is 2.40. The second-order valence-corrected chi connectivity index (χ2v) is 11.3. The lowest BCUT2D eigenvalue weighted by Crippen LogP contribution is -2.18. The molecule has 1 unspecified atom stereocenters. The Labute approximate surface area is 202 Å². The molecule has 3 aromatic carbocycles. The number of benzene rings is 3. The second-order valence-electron chi connectivity index (χ2n) is 7.34. The number of thiazole rings is 1. The molecule has 0 aliphatic carbocycles. The van der Waals surface area contributed by atoms with Crippen LogP contribution in [-0.2, 0) is 10.0 Å². The van der Waals surface area contributed by atoms with Crippen LogP contribution in [0.4, 0.5) is 5.13 Å². The zero-order chi connectivity index (χ0) is 22.5. The number of rotatable bonds is 4. The molecule has 32 heavy (non-hydrogen) atoms. The highest BCUT2D eigenvalue weighted by molar-refractivity contribution is 9.10. The fourth-order valence-electron chi connectivity index (χ4n) is 3.62. The van der Waals surface area contributed by atoms with E-state index < -0.39 is 10.0 Å². The smallest absolute Gasteiger partial charge is 0.231 e. The van der Waals surface area contributed by atoms with Gasteiger partial charge in [-0.1, -0.05) is 63.1 Å². The van der Waals surface area contributed by atoms with Gasteiger partial charge < -0.3 is 0 Å². The Morgan fingerprint density at radius 2 is 1.78 bits per heavy atom. The summed E-state index contributed by atoms with van der Waals surface area (Å²) in [5.74, 6) is 0. The highest BCUT2D eigenvalue weighted by atomic mass is 79.9. The van der Waals surface area contributed by atoms with E-state index >= 15 is 0 Å². The third-order valence-electron chi connectivity index (χ3n) is 5.22. The van der Waals surface area contributed by atoms with Crippen LogP contribution in [-0.4, -0.2) is 19.1 Å². The third kappa shape index (κ3) is 4.18. The SMILES string of the molecule is NS(=O)(=O)c1ccc2nc(N3N=C(c4ccc(Br)cc4)CC3c3ccc(Cl)cc3)sc2c1. The van der Waals surface area contributed by atoms with Crippen molar-refractivity contribution in [3.63, 3.8) is 0 Å². The molecule has 0 fully saturated rings. The van der Waals surface area contributed by atoms with Gasteiger partial charge in [0.05, 0.1) is 26.9 Å². The fourth-order valence-corrected chi connectivity index (χ4v) is 5.63. The number of nitrogens with zero attached hydrogens (tertiary/aromatic N) is 3. The molecule has 2 N–H and O–H groups in total. The van der Waals surface area contributed by atoms with Gasteiger partial charge in [-0.05, 0) is 53.6 Å². The lowest BCUT2D eigenvalue weighted by Gasteiger charge is -2.21. The van der Waals surface area contributed by atoms with Gasteiger partial charge in [0.1, 0.15) is 0 Å². The van der Waals surface area contributed by atoms with E-state index in [-0.39, 0.29) is 10.9 Å². The number of halogens is 2. The summed E-state index contributed by atoms with van der Waals surface area (Å²) in [6.45, 7) is 0. The van der Waals surface area contributed by atoms with E-state index in [0.717, 1.165) is 26.0 Å². The van der Waals surface area contributed by atoms with Gasteiger partial charge in [-0.2, -0.15) is 5.10 Å². The minimum atomic E-state index is -3.79. The molecule has 0 spiro atoms. The van der Waals surface area contributed by atoms with Crippen molar-refractivity contribution in [1.82, 2.24) is 4.98 Å². The molecule has 0 saturated heterocycles. The van der Waals surface area contributed by atoms with Gasteiger partial charge in [0.15, 0.2) is 0 Å². The molecule has 4 aromatic rings. The first-order valence-electron chi connectivity index (χ1n) is 9.59. The number of anilines is 1. The Morgan fingerprint density at radius 1 is 1.06 bits per heavy atom. The van der Waals surface area contributed by atoms with Crippen LogP contribution >= 0.6 is 38.9 Å². The largest absolute Gasteiger partial charge is 0.238 e. The lowest BCUT2D eigenvalue weighted by molar-refractivity contribution is 0.598. The normalized spacial score (nSPS) is 16.5. The summed E-state index contributed by atoms with van der Waals surface area (Å²) in [7, 11) is -3.79. The maximum absolute atomic E-state index is 11.7. The Kier molecular flexibility index (Phi) is 5.55. The number of fused-ring (bicyclic) bond motifs is 1. The summed E-state index contributed by atoms with van der Waals surface area (Å²) in [4.78, 5) is 4.79. The van der Waals surface area contributed by atoms with Crippen molar-refractivity contribution in [3.05, 3.63) is 87.4 Å². The lowest BCUT2D eigenvalue weighted by atomic mass is 9.99. The average Bonchev–Trinajstić information content (AvgIpc) is 3.38. The molecule has 1 aliphatic rings. The Bertz CT molecular complexity index is 1450. The quantitative estimate of drug-likeness (QED) is 0.354. The van der Waals surface area contributed by atoms with Crippen molar-refractivity contribution >= 4 is 70.0 Å². The monoisotopic (exact) mass is 546 g/mol. The van der Waals surface area contributed by atoms with Gasteiger partial charge in [-0.15, -0.1) is 0 Å². The molecule has 0 radical (unpaired) electrons. The molecule has 0 saturated carbocycles. The Morgan fingerprint density at radius 3 is 2.47 bits per heavy atom. The molecule has 162 valence electrons. The highest BCUT2D eigenvalue weighted by Gasteiger charge is 2.32. The molecule has 10 heteroatoms. The number of hydrazone groups is 1. The van der Waals surface area contributed by atoms with E-state index in [4.69, 9.17) is 26.8 Å². The van der Waals surface area contributed by atoms with Crippen LogP contribution in [0.25, 0.3) is 10.2 Å².